The van der Waals surface area contributed by atoms with Crippen LogP contribution in [0.2, 0.25) is 0 Å². The summed E-state index contributed by atoms with van der Waals surface area (Å²) in [6.07, 6.45) is 0. The molecule has 0 fully saturated rings. The van der Waals surface area contributed by atoms with Crippen LogP contribution in [0.5, 0.6) is 0 Å². The third-order valence-electron chi connectivity index (χ3n) is 0. The summed E-state index contributed by atoms with van der Waals surface area (Å²) in [4.78, 5) is 0. The fourth-order valence-corrected chi connectivity index (χ4v) is 0. The van der Waals surface area contributed by atoms with Crippen molar-refractivity contribution in [3.63, 3.8) is 0 Å². The van der Waals surface area contributed by atoms with Crippen molar-refractivity contribution < 1.29 is 42.7 Å². The first-order valence-electron chi connectivity index (χ1n) is 0.765. The van der Waals surface area contributed by atoms with Crippen molar-refractivity contribution in [2.45, 2.75) is 0 Å². The van der Waals surface area contributed by atoms with Gasteiger partial charge in [-0.1, -0.05) is 0 Å². The number of hydrogen-bond donors (Lipinski definition) is 2. The maximum atomic E-state index is 8.86. The molecular weight excluding hydrogens is 209 g/mol. The molecule has 0 aliphatic carbocycles. The second-order valence-electron chi connectivity index (χ2n) is 0.491. The molecule has 0 aliphatic rings. The second-order valence-corrected chi connectivity index (χ2v) is 3.29. The summed E-state index contributed by atoms with van der Waals surface area (Å²) in [6, 6.07) is 0. The van der Waals surface area contributed by atoms with Crippen molar-refractivity contribution in [2.24, 2.45) is 0 Å². The van der Waals surface area contributed by atoms with Gasteiger partial charge in [-0.05, 0) is 0 Å². The van der Waals surface area contributed by atoms with Crippen LogP contribution in [0, 0.1) is 0 Å². The third kappa shape index (κ3) is 49.6. The summed E-state index contributed by atoms with van der Waals surface area (Å²) < 4.78 is 32.0. The first-order valence-corrected chi connectivity index (χ1v) is 5.13. The Hall–Kier alpha value is 1.50. The van der Waals surface area contributed by atoms with Crippen LogP contribution in [0.25, 0.3) is 0 Å². The average Bonchev–Trinajstić information content (AvgIpc) is 0.722. The van der Waals surface area contributed by atoms with Crippen LogP contribution < -0.4 is 32.9 Å². The molecule has 0 saturated heterocycles. The van der Waals surface area contributed by atoms with Gasteiger partial charge in [-0.2, -0.15) is 0 Å². The topological polar surface area (TPSA) is 80.6 Å². The zero-order valence-electron chi connectivity index (χ0n) is 3.16. The Kier molecular flexibility index (Phi) is 6.10. The minimum absolute atomic E-state index is 0. The van der Waals surface area contributed by atoms with Crippen LogP contribution >= 0.6 is 0 Å². The molecule has 0 radical (unpaired) electrons. The molecule has 32 valence electrons. The van der Waals surface area contributed by atoms with E-state index in [1.165, 1.54) is 0 Å². The zero-order valence-corrected chi connectivity index (χ0v) is 7.71. The molecule has 0 aromatic rings. The van der Waals surface area contributed by atoms with Crippen LogP contribution in [0.4, 0.5) is 0 Å². The van der Waals surface area contributed by atoms with E-state index in [1.807, 2.05) is 0 Å². The molecule has 0 unspecified atom stereocenters. The first-order chi connectivity index (χ1) is 2.00. The zero-order chi connectivity index (χ0) is 4.50. The normalized spacial score (nSPS) is 9.83. The van der Waals surface area contributed by atoms with E-state index in [1.54, 1.807) is 0 Å². The van der Waals surface area contributed by atoms with Gasteiger partial charge in [0.25, 0.3) is 0 Å². The summed E-state index contributed by atoms with van der Waals surface area (Å²) in [5.74, 6) is 0. The third-order valence-corrected chi connectivity index (χ3v) is 0. The summed E-state index contributed by atoms with van der Waals surface area (Å²) in [5.41, 5.74) is 0. The molecule has 0 saturated carbocycles. The fraction of sp³-hybridized carbons (Fsp3) is 0. The van der Waals surface area contributed by atoms with Crippen LogP contribution in [0.3, 0.4) is 0 Å². The fourth-order valence-electron chi connectivity index (χ4n) is 0. The number of hydrogen-bond acceptors (Lipinski definition) is 2. The monoisotopic (exact) mass is 210 g/mol. The van der Waals surface area contributed by atoms with E-state index < -0.39 is 20.1 Å². The van der Waals surface area contributed by atoms with Gasteiger partial charge in [0.05, 0.1) is 0 Å². The summed E-state index contributed by atoms with van der Waals surface area (Å²) in [7, 11) is 0. The molecule has 6 heteroatoms. The van der Waals surface area contributed by atoms with Crippen molar-refractivity contribution in [3.8, 4) is 0 Å². The van der Waals surface area contributed by atoms with Crippen molar-refractivity contribution in [3.05, 3.63) is 0 Å². The molecule has 4 nitrogen and oxygen atoms in total. The molecule has 0 rings (SSSR count). The van der Waals surface area contributed by atoms with Gasteiger partial charge in [0.15, 0.2) is 0 Å². The van der Waals surface area contributed by atoms with E-state index in [0.29, 0.717) is 0 Å². The molecular formula is H2NaO4Sb. The van der Waals surface area contributed by atoms with E-state index in [4.69, 9.17) is 13.2 Å². The van der Waals surface area contributed by atoms with Crippen molar-refractivity contribution in [1.29, 1.82) is 0 Å². The molecule has 0 bridgehead atoms. The molecule has 0 atom stereocenters. The van der Waals surface area contributed by atoms with Gasteiger partial charge >= 0.3 is 62.8 Å². The van der Waals surface area contributed by atoms with Gasteiger partial charge in [0, 0.05) is 0 Å². The van der Waals surface area contributed by atoms with Crippen LogP contribution in [0.1, 0.15) is 0 Å². The molecule has 6 heavy (non-hydrogen) atoms. The summed E-state index contributed by atoms with van der Waals surface area (Å²) in [5, 5.41) is 0. The van der Waals surface area contributed by atoms with Gasteiger partial charge in [-0.25, -0.2) is 0 Å². The molecule has 0 aromatic heterocycles. The predicted molar refractivity (Wildman–Crippen MR) is 10.9 cm³/mol. The average molecular weight is 211 g/mol. The van der Waals surface area contributed by atoms with Gasteiger partial charge in [0.1, 0.15) is 0 Å². The Balaban J connectivity index is 0. The van der Waals surface area contributed by atoms with Gasteiger partial charge in [-0.3, -0.25) is 0 Å². The van der Waals surface area contributed by atoms with Crippen molar-refractivity contribution in [2.75, 3.05) is 0 Å². The summed E-state index contributed by atoms with van der Waals surface area (Å²) in [6.45, 7) is 0. The molecule has 2 N–H and O–H groups in total. The van der Waals surface area contributed by atoms with E-state index in [2.05, 4.69) is 0 Å². The van der Waals surface area contributed by atoms with E-state index in [9.17, 15) is 0 Å². The molecule has 0 aromatic carbocycles. The Bertz CT molecular complexity index is 53.7. The standard InChI is InChI=1S/Na.2H2O.2O.Sb/h;2*1H2;;;/q+1;;;;-1;+2/p-2. The quantitative estimate of drug-likeness (QED) is 0.391. The molecule has 0 aliphatic heterocycles. The first kappa shape index (κ1) is 10.5. The Morgan fingerprint density at radius 3 is 1.50 bits per heavy atom. The molecule has 0 amide bonds. The molecule has 0 heterocycles. The van der Waals surface area contributed by atoms with E-state index in [-0.39, 0.29) is 29.6 Å². The second kappa shape index (κ2) is 3.49. The number of rotatable bonds is 0. The van der Waals surface area contributed by atoms with Gasteiger partial charge in [-0.15, -0.1) is 0 Å². The van der Waals surface area contributed by atoms with Crippen LogP contribution in [-0.4, -0.2) is 26.8 Å². The Morgan fingerprint density at radius 2 is 1.50 bits per heavy atom. The predicted octanol–water partition coefficient (Wildman–Crippen LogP) is -5.80. The minimum atomic E-state index is -5.60. The molecule has 0 spiro atoms. The van der Waals surface area contributed by atoms with Gasteiger partial charge < -0.3 is 0 Å². The van der Waals surface area contributed by atoms with Crippen LogP contribution in [-0.2, 0) is 3.02 Å². The van der Waals surface area contributed by atoms with Gasteiger partial charge in [0.2, 0.25) is 0 Å². The SMILES string of the molecule is [Na+].[O]=[Sb]([O-])([OH])[OH]. The van der Waals surface area contributed by atoms with Crippen LogP contribution in [0.15, 0.2) is 0 Å². The van der Waals surface area contributed by atoms with E-state index in [0.717, 1.165) is 0 Å². The Labute approximate surface area is 62.2 Å². The van der Waals surface area contributed by atoms with Crippen molar-refractivity contribution in [1.82, 2.24) is 0 Å². The Morgan fingerprint density at radius 1 is 1.50 bits per heavy atom. The maximum absolute atomic E-state index is 8.86. The summed E-state index contributed by atoms with van der Waals surface area (Å²) >= 11 is -5.60. The van der Waals surface area contributed by atoms with E-state index >= 15 is 0 Å². The van der Waals surface area contributed by atoms with Crippen molar-refractivity contribution >= 4 is 20.1 Å².